The highest BCUT2D eigenvalue weighted by molar-refractivity contribution is 7.78. The van der Waals surface area contributed by atoms with E-state index in [0.29, 0.717) is 22.7 Å². The number of nitrogens with zero attached hydrogens (tertiary/aromatic N) is 1. The molecule has 1 aromatic carbocycles. The second kappa shape index (κ2) is 5.98. The fourth-order valence-corrected chi connectivity index (χ4v) is 1.48. The molecule has 1 aromatic rings. The molecule has 0 bridgehead atoms. The zero-order valence-electron chi connectivity index (χ0n) is 9.73. The molecule has 0 spiro atoms. The van der Waals surface area contributed by atoms with Gasteiger partial charge in [0.25, 0.3) is 5.91 Å². The standard InChI is InChI=1S/C11H12N2O3S/c1-12-11(14)8-4-7(13-6-17)5-9(15-2)10(8)16-3/h4-5H,1-3H3,(H,12,14). The summed E-state index contributed by atoms with van der Waals surface area (Å²) in [6, 6.07) is 3.17. The maximum atomic E-state index is 11.7. The van der Waals surface area contributed by atoms with E-state index in [1.807, 2.05) is 0 Å². The van der Waals surface area contributed by atoms with Crippen LogP contribution in [0.1, 0.15) is 10.4 Å². The van der Waals surface area contributed by atoms with Gasteiger partial charge in [-0.15, -0.1) is 0 Å². The summed E-state index contributed by atoms with van der Waals surface area (Å²) in [6.45, 7) is 0. The van der Waals surface area contributed by atoms with Gasteiger partial charge in [-0.05, 0) is 18.3 Å². The molecule has 0 aromatic heterocycles. The molecule has 1 rings (SSSR count). The predicted molar refractivity (Wildman–Crippen MR) is 67.6 cm³/mol. The van der Waals surface area contributed by atoms with Crippen molar-refractivity contribution in [2.75, 3.05) is 21.3 Å². The average Bonchev–Trinajstić information content (AvgIpc) is 2.37. The fourth-order valence-electron chi connectivity index (χ4n) is 1.37. The van der Waals surface area contributed by atoms with Crippen LogP contribution in [0.25, 0.3) is 0 Å². The zero-order valence-corrected chi connectivity index (χ0v) is 10.6. The first-order chi connectivity index (χ1) is 8.17. The quantitative estimate of drug-likeness (QED) is 0.655. The molecule has 0 heterocycles. The molecular weight excluding hydrogens is 240 g/mol. The van der Waals surface area contributed by atoms with Gasteiger partial charge in [0.05, 0.1) is 30.6 Å². The van der Waals surface area contributed by atoms with E-state index in [9.17, 15) is 4.79 Å². The van der Waals surface area contributed by atoms with Gasteiger partial charge in [0.2, 0.25) is 0 Å². The van der Waals surface area contributed by atoms with Crippen molar-refractivity contribution in [2.24, 2.45) is 4.99 Å². The van der Waals surface area contributed by atoms with Gasteiger partial charge in [-0.2, -0.15) is 4.99 Å². The Labute approximate surface area is 104 Å². The molecule has 0 radical (unpaired) electrons. The number of benzene rings is 1. The Morgan fingerprint density at radius 1 is 1.41 bits per heavy atom. The van der Waals surface area contributed by atoms with Gasteiger partial charge >= 0.3 is 0 Å². The Kier molecular flexibility index (Phi) is 4.63. The average molecular weight is 252 g/mol. The van der Waals surface area contributed by atoms with E-state index in [1.165, 1.54) is 21.3 Å². The lowest BCUT2D eigenvalue weighted by molar-refractivity contribution is 0.0959. The van der Waals surface area contributed by atoms with E-state index in [2.05, 4.69) is 27.7 Å². The highest BCUT2D eigenvalue weighted by Crippen LogP contribution is 2.35. The minimum absolute atomic E-state index is 0.290. The van der Waals surface area contributed by atoms with Gasteiger partial charge in [-0.3, -0.25) is 4.79 Å². The van der Waals surface area contributed by atoms with E-state index in [4.69, 9.17) is 9.47 Å². The normalized spacial score (nSPS) is 9.12. The fraction of sp³-hybridized carbons (Fsp3) is 0.273. The summed E-state index contributed by atoms with van der Waals surface area (Å²) in [5.41, 5.74) is 0.814. The van der Waals surface area contributed by atoms with E-state index in [0.717, 1.165) is 0 Å². The summed E-state index contributed by atoms with van der Waals surface area (Å²) in [5.74, 6) is 0.481. The molecule has 0 aliphatic heterocycles. The van der Waals surface area contributed by atoms with E-state index in [-0.39, 0.29) is 5.91 Å². The van der Waals surface area contributed by atoms with Crippen LogP contribution in [0, 0.1) is 0 Å². The van der Waals surface area contributed by atoms with Crippen LogP contribution in [0.3, 0.4) is 0 Å². The topological polar surface area (TPSA) is 59.9 Å². The summed E-state index contributed by atoms with van der Waals surface area (Å²) in [4.78, 5) is 15.5. The Bertz CT molecular complexity index is 482. The summed E-state index contributed by atoms with van der Waals surface area (Å²) >= 11 is 4.52. The van der Waals surface area contributed by atoms with Crippen LogP contribution in [0.15, 0.2) is 17.1 Å². The predicted octanol–water partition coefficient (Wildman–Crippen LogP) is 1.80. The first kappa shape index (κ1) is 13.2. The molecule has 0 aliphatic rings. The number of thiocarbonyl (C=S) groups is 1. The number of carbonyl (C=O) groups is 1. The number of amides is 1. The number of hydrogen-bond acceptors (Lipinski definition) is 5. The summed E-state index contributed by atoms with van der Waals surface area (Å²) in [5, 5.41) is 4.75. The van der Waals surface area contributed by atoms with E-state index < -0.39 is 0 Å². The monoisotopic (exact) mass is 252 g/mol. The van der Waals surface area contributed by atoms with Crippen molar-refractivity contribution < 1.29 is 14.3 Å². The lowest BCUT2D eigenvalue weighted by atomic mass is 10.1. The number of isothiocyanates is 1. The highest BCUT2D eigenvalue weighted by atomic mass is 32.1. The molecule has 0 aliphatic carbocycles. The van der Waals surface area contributed by atoms with Gasteiger partial charge in [0.15, 0.2) is 11.5 Å². The minimum Gasteiger partial charge on any atom is -0.493 e. The van der Waals surface area contributed by atoms with Gasteiger partial charge in [0, 0.05) is 13.1 Å². The lowest BCUT2D eigenvalue weighted by Crippen LogP contribution is -2.18. The summed E-state index contributed by atoms with van der Waals surface area (Å²) < 4.78 is 10.3. The van der Waals surface area contributed by atoms with Crippen molar-refractivity contribution >= 4 is 29.0 Å². The summed E-state index contributed by atoms with van der Waals surface area (Å²) in [7, 11) is 4.48. The Morgan fingerprint density at radius 3 is 2.59 bits per heavy atom. The van der Waals surface area contributed by atoms with E-state index in [1.54, 1.807) is 12.1 Å². The number of hydrogen-bond donors (Lipinski definition) is 1. The van der Waals surface area contributed by atoms with Gasteiger partial charge in [-0.1, -0.05) is 0 Å². The molecule has 0 saturated carbocycles. The SMILES string of the molecule is CNC(=O)c1cc(N=C=S)cc(OC)c1OC. The molecule has 0 fully saturated rings. The molecule has 0 saturated heterocycles. The molecule has 5 nitrogen and oxygen atoms in total. The Morgan fingerprint density at radius 2 is 2.12 bits per heavy atom. The number of ether oxygens (including phenoxy) is 2. The van der Waals surface area contributed by atoms with Crippen LogP contribution < -0.4 is 14.8 Å². The lowest BCUT2D eigenvalue weighted by Gasteiger charge is -2.12. The largest absolute Gasteiger partial charge is 0.493 e. The van der Waals surface area contributed by atoms with Gasteiger partial charge in [-0.25, -0.2) is 0 Å². The second-order valence-electron chi connectivity index (χ2n) is 3.01. The molecule has 17 heavy (non-hydrogen) atoms. The molecular formula is C11H12N2O3S. The maximum Gasteiger partial charge on any atom is 0.255 e. The zero-order chi connectivity index (χ0) is 12.8. The maximum absolute atomic E-state index is 11.7. The van der Waals surface area contributed by atoms with Crippen LogP contribution in [0.2, 0.25) is 0 Å². The van der Waals surface area contributed by atoms with Crippen molar-refractivity contribution in [3.63, 3.8) is 0 Å². The van der Waals surface area contributed by atoms with Crippen LogP contribution in [0.5, 0.6) is 11.5 Å². The van der Waals surface area contributed by atoms with Crippen LogP contribution in [0.4, 0.5) is 5.69 Å². The molecule has 90 valence electrons. The molecule has 1 N–H and O–H groups in total. The van der Waals surface area contributed by atoms with Crippen LogP contribution in [-0.4, -0.2) is 32.3 Å². The molecule has 6 heteroatoms. The smallest absolute Gasteiger partial charge is 0.255 e. The Hall–Kier alpha value is -1.91. The molecule has 0 atom stereocenters. The van der Waals surface area contributed by atoms with Crippen LogP contribution >= 0.6 is 12.2 Å². The number of aliphatic imine (C=N–C) groups is 1. The molecule has 1 amide bonds. The second-order valence-corrected chi connectivity index (χ2v) is 3.19. The van der Waals surface area contributed by atoms with Crippen molar-refractivity contribution in [1.29, 1.82) is 0 Å². The summed E-state index contributed by atoms with van der Waals surface area (Å²) in [6.07, 6.45) is 0. The van der Waals surface area contributed by atoms with Gasteiger partial charge in [0.1, 0.15) is 0 Å². The number of nitrogens with one attached hydrogen (secondary N) is 1. The third-order valence-corrected chi connectivity index (χ3v) is 2.20. The highest BCUT2D eigenvalue weighted by Gasteiger charge is 2.17. The van der Waals surface area contributed by atoms with E-state index >= 15 is 0 Å². The number of methoxy groups -OCH3 is 2. The van der Waals surface area contributed by atoms with Crippen molar-refractivity contribution in [1.82, 2.24) is 5.32 Å². The minimum atomic E-state index is -0.290. The Balaban J connectivity index is 3.47. The van der Waals surface area contributed by atoms with Crippen molar-refractivity contribution in [2.45, 2.75) is 0 Å². The first-order valence-corrected chi connectivity index (χ1v) is 5.14. The third-order valence-electron chi connectivity index (χ3n) is 2.11. The third kappa shape index (κ3) is 2.81. The van der Waals surface area contributed by atoms with Crippen molar-refractivity contribution in [3.05, 3.63) is 17.7 Å². The van der Waals surface area contributed by atoms with Crippen molar-refractivity contribution in [3.8, 4) is 11.5 Å². The number of carbonyl (C=O) groups excluding carboxylic acids is 1. The van der Waals surface area contributed by atoms with Gasteiger partial charge < -0.3 is 14.8 Å². The number of rotatable bonds is 4. The van der Waals surface area contributed by atoms with Crippen LogP contribution in [-0.2, 0) is 0 Å². The first-order valence-electron chi connectivity index (χ1n) is 4.73. The molecule has 0 unspecified atom stereocenters.